The van der Waals surface area contributed by atoms with Gasteiger partial charge in [-0.3, -0.25) is 0 Å². The summed E-state index contributed by atoms with van der Waals surface area (Å²) in [4.78, 5) is 0. The summed E-state index contributed by atoms with van der Waals surface area (Å²) in [6, 6.07) is 18.0. The number of hydrogen-bond donors (Lipinski definition) is 0. The second-order valence-electron chi connectivity index (χ2n) is 8.88. The van der Waals surface area contributed by atoms with Crippen LogP contribution >= 0.6 is 0 Å². The molecule has 0 fully saturated rings. The standard InChI is InChI=1S/C29H32/c1-5-13-26-23-15-10-9-14-22(23)20-29(26,8-4)27-21-28(18-6-2,19-7-3)25-17-12-11-16-24(25)27/h5-12,14-17,26-27H,1-4,13,18-21H2. The van der Waals surface area contributed by atoms with E-state index in [1.54, 1.807) is 0 Å². The lowest BCUT2D eigenvalue weighted by molar-refractivity contribution is 0.231. The summed E-state index contributed by atoms with van der Waals surface area (Å²) in [5.74, 6) is 0.864. The normalized spacial score (nSPS) is 26.3. The fraction of sp³-hybridized carbons (Fsp3) is 0.310. The van der Waals surface area contributed by atoms with Crippen molar-refractivity contribution in [3.05, 3.63) is 121 Å². The summed E-state index contributed by atoms with van der Waals surface area (Å²) in [6.45, 7) is 16.7. The molecule has 0 spiro atoms. The van der Waals surface area contributed by atoms with Gasteiger partial charge in [-0.1, -0.05) is 72.8 Å². The van der Waals surface area contributed by atoms with E-state index in [4.69, 9.17) is 0 Å². The van der Waals surface area contributed by atoms with Gasteiger partial charge in [0.15, 0.2) is 0 Å². The van der Waals surface area contributed by atoms with Crippen LogP contribution in [-0.2, 0) is 11.8 Å². The highest BCUT2D eigenvalue weighted by atomic mass is 14.6. The lowest BCUT2D eigenvalue weighted by Crippen LogP contribution is -2.32. The van der Waals surface area contributed by atoms with Crippen LogP contribution in [0.3, 0.4) is 0 Å². The van der Waals surface area contributed by atoms with E-state index in [9.17, 15) is 0 Å². The van der Waals surface area contributed by atoms with Crippen LogP contribution in [0.1, 0.15) is 59.8 Å². The van der Waals surface area contributed by atoms with Gasteiger partial charge >= 0.3 is 0 Å². The smallest absolute Gasteiger partial charge is 0.00602 e. The van der Waals surface area contributed by atoms with Crippen LogP contribution in [0, 0.1) is 5.41 Å². The van der Waals surface area contributed by atoms with Gasteiger partial charge in [-0.15, -0.1) is 26.3 Å². The minimum absolute atomic E-state index is 0.0120. The molecule has 2 aliphatic rings. The van der Waals surface area contributed by atoms with Crippen LogP contribution in [0.15, 0.2) is 99.2 Å². The molecule has 0 aromatic heterocycles. The maximum atomic E-state index is 4.41. The van der Waals surface area contributed by atoms with E-state index in [0.717, 1.165) is 32.1 Å². The molecule has 0 nitrogen and oxygen atoms in total. The second kappa shape index (κ2) is 7.67. The van der Waals surface area contributed by atoms with E-state index in [0.29, 0.717) is 11.8 Å². The number of hydrogen-bond acceptors (Lipinski definition) is 0. The quantitative estimate of drug-likeness (QED) is 0.412. The monoisotopic (exact) mass is 380 g/mol. The van der Waals surface area contributed by atoms with Gasteiger partial charge in [-0.2, -0.15) is 0 Å². The van der Waals surface area contributed by atoms with Gasteiger partial charge in [0, 0.05) is 10.8 Å². The van der Waals surface area contributed by atoms with E-state index < -0.39 is 0 Å². The molecule has 0 saturated heterocycles. The molecule has 0 saturated carbocycles. The van der Waals surface area contributed by atoms with Gasteiger partial charge in [0.1, 0.15) is 0 Å². The Morgan fingerprint density at radius 1 is 0.828 bits per heavy atom. The molecule has 0 amide bonds. The number of fused-ring (bicyclic) bond motifs is 2. The first-order valence-corrected chi connectivity index (χ1v) is 10.8. The van der Waals surface area contributed by atoms with E-state index >= 15 is 0 Å². The van der Waals surface area contributed by atoms with Crippen LogP contribution < -0.4 is 0 Å². The molecule has 4 rings (SSSR count). The molecule has 3 atom stereocenters. The molecule has 0 aliphatic heterocycles. The van der Waals surface area contributed by atoms with E-state index in [2.05, 4.69) is 99.2 Å². The maximum Gasteiger partial charge on any atom is 0.00602 e. The van der Waals surface area contributed by atoms with Crippen molar-refractivity contribution < 1.29 is 0 Å². The van der Waals surface area contributed by atoms with Crippen molar-refractivity contribution in [2.24, 2.45) is 5.41 Å². The molecule has 148 valence electrons. The summed E-state index contributed by atoms with van der Waals surface area (Å²) in [5.41, 5.74) is 6.04. The summed E-state index contributed by atoms with van der Waals surface area (Å²) in [6.07, 6.45) is 13.7. The maximum absolute atomic E-state index is 4.41. The summed E-state index contributed by atoms with van der Waals surface area (Å²) in [5, 5.41) is 0. The molecule has 2 aliphatic carbocycles. The molecule has 29 heavy (non-hydrogen) atoms. The topological polar surface area (TPSA) is 0 Å². The van der Waals surface area contributed by atoms with E-state index in [1.807, 2.05) is 0 Å². The highest BCUT2D eigenvalue weighted by Gasteiger charge is 2.54. The summed E-state index contributed by atoms with van der Waals surface area (Å²) >= 11 is 0. The van der Waals surface area contributed by atoms with Crippen molar-refractivity contribution in [3.8, 4) is 0 Å². The molecule has 0 heteroatoms. The SMILES string of the molecule is C=CCC1c2ccccc2CC1(C=C)C1CC(CC=C)(CC=C)c2ccccc21. The minimum Gasteiger partial charge on any atom is -0.103 e. The Morgan fingerprint density at radius 3 is 2.14 bits per heavy atom. The average Bonchev–Trinajstić information content (AvgIpc) is 3.24. The molecular weight excluding hydrogens is 348 g/mol. The van der Waals surface area contributed by atoms with Gasteiger partial charge < -0.3 is 0 Å². The third-order valence-corrected chi connectivity index (χ3v) is 7.58. The lowest BCUT2D eigenvalue weighted by atomic mass is 9.62. The lowest BCUT2D eigenvalue weighted by Gasteiger charge is -2.40. The van der Waals surface area contributed by atoms with Crippen molar-refractivity contribution in [1.82, 2.24) is 0 Å². The number of allylic oxidation sites excluding steroid dienone is 4. The van der Waals surface area contributed by atoms with Gasteiger partial charge in [-0.25, -0.2) is 0 Å². The fourth-order valence-electron chi connectivity index (χ4n) is 6.41. The largest absolute Gasteiger partial charge is 0.103 e. The zero-order valence-corrected chi connectivity index (χ0v) is 17.4. The van der Waals surface area contributed by atoms with Gasteiger partial charge in [0.05, 0.1) is 0 Å². The fourth-order valence-corrected chi connectivity index (χ4v) is 6.41. The van der Waals surface area contributed by atoms with Crippen LogP contribution in [0.4, 0.5) is 0 Å². The Morgan fingerprint density at radius 2 is 1.48 bits per heavy atom. The molecule has 0 N–H and O–H groups in total. The van der Waals surface area contributed by atoms with Crippen molar-refractivity contribution in [2.45, 2.75) is 49.4 Å². The Balaban J connectivity index is 1.89. The zero-order valence-electron chi connectivity index (χ0n) is 17.4. The highest BCUT2D eigenvalue weighted by Crippen LogP contribution is 2.64. The van der Waals surface area contributed by atoms with Gasteiger partial charge in [0.2, 0.25) is 0 Å². The van der Waals surface area contributed by atoms with Gasteiger partial charge in [-0.05, 0) is 66.2 Å². The summed E-state index contributed by atoms with van der Waals surface area (Å²) < 4.78 is 0. The molecular formula is C29H32. The Bertz CT molecular complexity index is 936. The molecule has 0 radical (unpaired) electrons. The third kappa shape index (κ3) is 2.89. The molecule has 0 heterocycles. The van der Waals surface area contributed by atoms with Crippen molar-refractivity contribution in [1.29, 1.82) is 0 Å². The highest BCUT2D eigenvalue weighted by molar-refractivity contribution is 5.50. The van der Waals surface area contributed by atoms with E-state index in [-0.39, 0.29) is 10.8 Å². The first kappa shape index (κ1) is 19.7. The second-order valence-corrected chi connectivity index (χ2v) is 8.88. The van der Waals surface area contributed by atoms with Crippen molar-refractivity contribution in [3.63, 3.8) is 0 Å². The number of rotatable bonds is 8. The third-order valence-electron chi connectivity index (χ3n) is 7.58. The van der Waals surface area contributed by atoms with Gasteiger partial charge in [0.25, 0.3) is 0 Å². The first-order valence-electron chi connectivity index (χ1n) is 10.8. The molecule has 0 bridgehead atoms. The Kier molecular flexibility index (Phi) is 5.21. The Labute approximate surface area is 176 Å². The number of benzene rings is 2. The molecule has 2 aromatic rings. The minimum atomic E-state index is 0.0120. The van der Waals surface area contributed by atoms with E-state index in [1.165, 1.54) is 22.3 Å². The summed E-state index contributed by atoms with van der Waals surface area (Å²) in [7, 11) is 0. The molecule has 3 unspecified atom stereocenters. The average molecular weight is 381 g/mol. The van der Waals surface area contributed by atoms with Crippen molar-refractivity contribution >= 4 is 0 Å². The predicted octanol–water partition coefficient (Wildman–Crippen LogP) is 7.65. The van der Waals surface area contributed by atoms with Crippen LogP contribution in [0.5, 0.6) is 0 Å². The zero-order chi connectivity index (χ0) is 20.5. The van der Waals surface area contributed by atoms with Crippen LogP contribution in [0.2, 0.25) is 0 Å². The Hall–Kier alpha value is -2.60. The van der Waals surface area contributed by atoms with Crippen molar-refractivity contribution in [2.75, 3.05) is 0 Å². The van der Waals surface area contributed by atoms with Crippen LogP contribution in [0.25, 0.3) is 0 Å². The molecule has 2 aromatic carbocycles. The van der Waals surface area contributed by atoms with Crippen LogP contribution in [-0.4, -0.2) is 0 Å². The predicted molar refractivity (Wildman–Crippen MR) is 125 cm³/mol. The first-order chi connectivity index (χ1) is 14.2.